The average molecular weight is 433 g/mol. The van der Waals surface area contributed by atoms with Crippen LogP contribution in [0.4, 0.5) is 0 Å². The first-order chi connectivity index (χ1) is 15.2. The van der Waals surface area contributed by atoms with Gasteiger partial charge >= 0.3 is 0 Å². The van der Waals surface area contributed by atoms with Crippen LogP contribution in [0, 0.1) is 5.92 Å². The zero-order valence-electron chi connectivity index (χ0n) is 17.8. The van der Waals surface area contributed by atoms with Gasteiger partial charge in [-0.1, -0.05) is 30.3 Å². The molecule has 5 rings (SSSR count). The molecule has 3 atom stereocenters. The van der Waals surface area contributed by atoms with E-state index in [4.69, 9.17) is 4.74 Å². The van der Waals surface area contributed by atoms with E-state index in [0.29, 0.717) is 17.9 Å². The number of benzene rings is 2. The predicted molar refractivity (Wildman–Crippen MR) is 125 cm³/mol. The van der Waals surface area contributed by atoms with Crippen molar-refractivity contribution >= 4 is 17.2 Å². The lowest BCUT2D eigenvalue weighted by molar-refractivity contribution is 0.0614. The van der Waals surface area contributed by atoms with Crippen molar-refractivity contribution in [3.8, 4) is 5.75 Å². The topological polar surface area (TPSA) is 32.8 Å². The summed E-state index contributed by atoms with van der Waals surface area (Å²) in [5.41, 5.74) is 3.46. The maximum atomic E-state index is 13.4. The number of rotatable bonds is 5. The minimum absolute atomic E-state index is 0.176. The summed E-state index contributed by atoms with van der Waals surface area (Å²) in [4.78, 5) is 18.1. The maximum Gasteiger partial charge on any atom is 0.254 e. The molecule has 160 valence electrons. The first-order valence-electron chi connectivity index (χ1n) is 11.0. The minimum atomic E-state index is 0.176. The van der Waals surface area contributed by atoms with Crippen LogP contribution in [0.1, 0.15) is 33.8 Å². The van der Waals surface area contributed by atoms with Crippen LogP contribution in [0.5, 0.6) is 5.75 Å². The molecule has 2 aliphatic rings. The quantitative estimate of drug-likeness (QED) is 0.576. The van der Waals surface area contributed by atoms with Gasteiger partial charge in [0.1, 0.15) is 5.75 Å². The summed E-state index contributed by atoms with van der Waals surface area (Å²) < 4.78 is 5.40. The van der Waals surface area contributed by atoms with Gasteiger partial charge in [0.05, 0.1) is 7.11 Å². The molecule has 31 heavy (non-hydrogen) atoms. The maximum absolute atomic E-state index is 13.4. The normalized spacial score (nSPS) is 23.5. The number of hydrogen-bond donors (Lipinski definition) is 0. The van der Waals surface area contributed by atoms with Crippen molar-refractivity contribution in [3.05, 3.63) is 88.1 Å². The van der Waals surface area contributed by atoms with Gasteiger partial charge in [-0.05, 0) is 58.6 Å². The van der Waals surface area contributed by atoms with Crippen molar-refractivity contribution in [2.24, 2.45) is 5.92 Å². The molecule has 2 saturated heterocycles. The molecule has 5 heteroatoms. The van der Waals surface area contributed by atoms with Gasteiger partial charge in [0.25, 0.3) is 5.91 Å². The fourth-order valence-corrected chi connectivity index (χ4v) is 6.02. The number of likely N-dealkylation sites (tertiary alicyclic amines) is 2. The van der Waals surface area contributed by atoms with Crippen LogP contribution in [0.25, 0.3) is 0 Å². The molecule has 0 saturated carbocycles. The predicted octanol–water partition coefficient (Wildman–Crippen LogP) is 4.89. The largest absolute Gasteiger partial charge is 0.497 e. The van der Waals surface area contributed by atoms with Crippen LogP contribution in [0.2, 0.25) is 0 Å². The Morgan fingerprint density at radius 1 is 1.10 bits per heavy atom. The van der Waals surface area contributed by atoms with E-state index in [2.05, 4.69) is 44.8 Å². The number of nitrogens with zero attached hydrogens (tertiary/aromatic N) is 2. The molecule has 2 aliphatic heterocycles. The summed E-state index contributed by atoms with van der Waals surface area (Å²) in [6, 6.07) is 20.6. The van der Waals surface area contributed by atoms with E-state index in [1.54, 1.807) is 18.4 Å². The van der Waals surface area contributed by atoms with Crippen molar-refractivity contribution in [2.45, 2.75) is 24.9 Å². The van der Waals surface area contributed by atoms with Crippen molar-refractivity contribution in [3.63, 3.8) is 0 Å². The molecule has 3 heterocycles. The summed E-state index contributed by atoms with van der Waals surface area (Å²) >= 11 is 1.75. The molecule has 2 aromatic carbocycles. The monoisotopic (exact) mass is 432 g/mol. The van der Waals surface area contributed by atoms with Crippen LogP contribution in [0.15, 0.2) is 71.4 Å². The molecule has 0 N–H and O–H groups in total. The number of ether oxygens (including phenoxy) is 1. The van der Waals surface area contributed by atoms with E-state index in [-0.39, 0.29) is 5.91 Å². The second kappa shape index (κ2) is 8.85. The fraction of sp³-hybridized carbons (Fsp3) is 0.346. The second-order valence-electron chi connectivity index (χ2n) is 8.59. The highest BCUT2D eigenvalue weighted by Crippen LogP contribution is 2.43. The SMILES string of the molecule is COc1cccc(CN2CC[C@H]3[C@@H](C2)[C@H](c2ccsc2)CN3C(=O)c2ccccc2)c1. The number of amides is 1. The number of methoxy groups -OCH3 is 1. The van der Waals surface area contributed by atoms with Crippen LogP contribution >= 0.6 is 11.3 Å². The van der Waals surface area contributed by atoms with Crippen LogP contribution < -0.4 is 4.74 Å². The summed E-state index contributed by atoms with van der Waals surface area (Å²) in [6.45, 7) is 3.75. The number of carbonyl (C=O) groups excluding carboxylic acids is 1. The van der Waals surface area contributed by atoms with Gasteiger partial charge < -0.3 is 9.64 Å². The third-order valence-corrected chi connectivity index (χ3v) is 7.51. The highest BCUT2D eigenvalue weighted by atomic mass is 32.1. The summed E-state index contributed by atoms with van der Waals surface area (Å²) in [5, 5.41) is 4.42. The average Bonchev–Trinajstić information content (AvgIpc) is 3.47. The Balaban J connectivity index is 1.37. The fourth-order valence-electron chi connectivity index (χ4n) is 5.30. The molecular formula is C26H28N2O2S. The van der Waals surface area contributed by atoms with Crippen LogP contribution in [-0.4, -0.2) is 48.5 Å². The molecule has 2 fully saturated rings. The molecule has 4 nitrogen and oxygen atoms in total. The van der Waals surface area contributed by atoms with Gasteiger partial charge in [-0.15, -0.1) is 0 Å². The third kappa shape index (κ3) is 4.12. The Labute approximate surface area is 188 Å². The number of hydrogen-bond acceptors (Lipinski definition) is 4. The molecule has 3 aromatic rings. The van der Waals surface area contributed by atoms with E-state index >= 15 is 0 Å². The summed E-state index contributed by atoms with van der Waals surface area (Å²) in [5.74, 6) is 1.94. The van der Waals surface area contributed by atoms with Crippen molar-refractivity contribution < 1.29 is 9.53 Å². The highest BCUT2D eigenvalue weighted by molar-refractivity contribution is 7.08. The number of piperidine rings is 1. The molecular weight excluding hydrogens is 404 g/mol. The van der Waals surface area contributed by atoms with Gasteiger partial charge in [-0.3, -0.25) is 9.69 Å². The van der Waals surface area contributed by atoms with Gasteiger partial charge in [0.2, 0.25) is 0 Å². The van der Waals surface area contributed by atoms with E-state index in [1.807, 2.05) is 36.4 Å². The van der Waals surface area contributed by atoms with Gasteiger partial charge in [-0.2, -0.15) is 11.3 Å². The van der Waals surface area contributed by atoms with Gasteiger partial charge in [0.15, 0.2) is 0 Å². The van der Waals surface area contributed by atoms with Crippen LogP contribution in [0.3, 0.4) is 0 Å². The molecule has 0 radical (unpaired) electrons. The zero-order chi connectivity index (χ0) is 21.2. The van der Waals surface area contributed by atoms with Gasteiger partial charge in [-0.25, -0.2) is 0 Å². The molecule has 1 aromatic heterocycles. The van der Waals surface area contributed by atoms with E-state index in [0.717, 1.165) is 43.9 Å². The summed E-state index contributed by atoms with van der Waals surface area (Å²) in [6.07, 6.45) is 1.02. The Morgan fingerprint density at radius 2 is 1.97 bits per heavy atom. The third-order valence-electron chi connectivity index (χ3n) is 6.81. The van der Waals surface area contributed by atoms with Crippen molar-refractivity contribution in [1.82, 2.24) is 9.80 Å². The number of fused-ring (bicyclic) bond motifs is 1. The molecule has 1 amide bonds. The van der Waals surface area contributed by atoms with E-state index < -0.39 is 0 Å². The first kappa shape index (κ1) is 20.3. The smallest absolute Gasteiger partial charge is 0.254 e. The van der Waals surface area contributed by atoms with E-state index in [9.17, 15) is 4.79 Å². The Bertz CT molecular complexity index is 1020. The highest BCUT2D eigenvalue weighted by Gasteiger charge is 2.47. The molecule has 0 aliphatic carbocycles. The van der Waals surface area contributed by atoms with E-state index in [1.165, 1.54) is 11.1 Å². The lowest BCUT2D eigenvalue weighted by Gasteiger charge is -2.39. The standard InChI is InChI=1S/C26H28N2O2S/c1-30-22-9-5-6-19(14-22)15-27-12-10-25-24(16-27)23(21-11-13-31-18-21)17-28(25)26(29)20-7-3-2-4-8-20/h2-9,11,13-14,18,23-25H,10,12,15-17H2,1H3/t23-,24-,25-/m0/s1. The number of carbonyl (C=O) groups is 1. The lowest BCUT2D eigenvalue weighted by Crippen LogP contribution is -2.47. The Kier molecular flexibility index (Phi) is 5.79. The first-order valence-corrected chi connectivity index (χ1v) is 11.9. The minimum Gasteiger partial charge on any atom is -0.497 e. The zero-order valence-corrected chi connectivity index (χ0v) is 18.6. The molecule has 0 bridgehead atoms. The Morgan fingerprint density at radius 3 is 2.74 bits per heavy atom. The molecule has 0 spiro atoms. The van der Waals surface area contributed by atoms with Crippen molar-refractivity contribution in [1.29, 1.82) is 0 Å². The van der Waals surface area contributed by atoms with Crippen molar-refractivity contribution in [2.75, 3.05) is 26.7 Å². The number of thiophene rings is 1. The van der Waals surface area contributed by atoms with Crippen LogP contribution in [-0.2, 0) is 6.54 Å². The van der Waals surface area contributed by atoms with Gasteiger partial charge in [0, 0.05) is 49.6 Å². The lowest BCUT2D eigenvalue weighted by atomic mass is 9.82. The Hall–Kier alpha value is -2.63. The molecule has 0 unspecified atom stereocenters. The second-order valence-corrected chi connectivity index (χ2v) is 9.37. The summed E-state index contributed by atoms with van der Waals surface area (Å²) in [7, 11) is 1.72.